The van der Waals surface area contributed by atoms with Crippen LogP contribution in [0, 0.1) is 11.3 Å². The second kappa shape index (κ2) is 10.4. The van der Waals surface area contributed by atoms with E-state index in [0.29, 0.717) is 29.5 Å². The number of hydrogen-bond donors (Lipinski definition) is 3. The lowest BCUT2D eigenvalue weighted by Crippen LogP contribution is -2.09. The van der Waals surface area contributed by atoms with Gasteiger partial charge in [-0.05, 0) is 43.7 Å². The van der Waals surface area contributed by atoms with Crippen molar-refractivity contribution in [2.75, 3.05) is 31.8 Å². The Labute approximate surface area is 192 Å². The van der Waals surface area contributed by atoms with Crippen LogP contribution in [0.15, 0.2) is 18.5 Å². The summed E-state index contributed by atoms with van der Waals surface area (Å²) in [5.41, 5.74) is 9.32. The Bertz CT molecular complexity index is 1110. The monoisotopic (exact) mass is 454 g/mol. The molecule has 1 atom stereocenters. The average Bonchev–Trinajstić information content (AvgIpc) is 3.14. The van der Waals surface area contributed by atoms with Crippen molar-refractivity contribution in [2.24, 2.45) is 5.92 Å². The van der Waals surface area contributed by atoms with Gasteiger partial charge in [0.2, 0.25) is 6.41 Å². The van der Waals surface area contributed by atoms with Crippen LogP contribution in [0.2, 0.25) is 0 Å². The molecule has 1 amide bonds. The number of nitrogens with zero attached hydrogens (tertiary/aromatic N) is 3. The van der Waals surface area contributed by atoms with Crippen molar-refractivity contribution >= 4 is 51.4 Å². The normalized spacial score (nSPS) is 14.7. The third-order valence-corrected chi connectivity index (χ3v) is 6.36. The molecular weight excluding hydrogens is 424 g/mol. The second-order valence-electron chi connectivity index (χ2n) is 8.00. The highest BCUT2D eigenvalue weighted by molar-refractivity contribution is 7.19. The summed E-state index contributed by atoms with van der Waals surface area (Å²) in [6.07, 6.45) is 6.96. The third kappa shape index (κ3) is 5.16. The van der Waals surface area contributed by atoms with Crippen LogP contribution in [0.1, 0.15) is 36.3 Å². The number of nitrogens with one attached hydrogen (secondary N) is 2. The Kier molecular flexibility index (Phi) is 7.63. The van der Waals surface area contributed by atoms with Gasteiger partial charge in [-0.3, -0.25) is 4.79 Å². The Hall–Kier alpha value is -3.20. The van der Waals surface area contributed by atoms with E-state index >= 15 is 0 Å². The fourth-order valence-electron chi connectivity index (χ4n) is 3.61. The molecule has 1 unspecified atom stereocenters. The smallest absolute Gasteiger partial charge is 0.209 e. The zero-order chi connectivity index (χ0) is 23.3. The number of hydrogen-bond acceptors (Lipinski definition) is 8. The van der Waals surface area contributed by atoms with E-state index < -0.39 is 0 Å². The lowest BCUT2D eigenvalue weighted by molar-refractivity contribution is -0.115. The third-order valence-electron chi connectivity index (χ3n) is 5.20. The lowest BCUT2D eigenvalue weighted by Gasteiger charge is -2.19. The minimum absolute atomic E-state index is 0.522. The molecule has 1 aliphatic carbocycles. The molecule has 4 N–H and O–H groups in total. The maximum Gasteiger partial charge on any atom is 0.209 e. The molecule has 170 valence electrons. The SMILES string of the molecule is CCOc1cc(N)c(C=N)cc1Nc1ncnc2sc3c(c12)CCC(C)C3.CN(C)C=O. The molecule has 9 heteroatoms. The van der Waals surface area contributed by atoms with Crippen molar-refractivity contribution in [3.8, 4) is 5.75 Å². The number of rotatable bonds is 6. The summed E-state index contributed by atoms with van der Waals surface area (Å²) in [5, 5.41) is 12.1. The van der Waals surface area contributed by atoms with Crippen LogP contribution in [0.4, 0.5) is 17.2 Å². The van der Waals surface area contributed by atoms with Crippen LogP contribution < -0.4 is 15.8 Å². The zero-order valence-electron chi connectivity index (χ0n) is 18.9. The second-order valence-corrected chi connectivity index (χ2v) is 9.09. The predicted octanol–water partition coefficient (Wildman–Crippen LogP) is 4.24. The Morgan fingerprint density at radius 2 is 2.12 bits per heavy atom. The first-order valence-electron chi connectivity index (χ1n) is 10.6. The number of aryl methyl sites for hydroxylation is 1. The summed E-state index contributed by atoms with van der Waals surface area (Å²) in [5.74, 6) is 2.16. The molecule has 1 aliphatic rings. The number of carbonyl (C=O) groups excluding carboxylic acids is 1. The number of carbonyl (C=O) groups is 1. The van der Waals surface area contributed by atoms with Crippen molar-refractivity contribution in [2.45, 2.75) is 33.1 Å². The highest BCUT2D eigenvalue weighted by Gasteiger charge is 2.23. The van der Waals surface area contributed by atoms with E-state index in [1.54, 1.807) is 37.8 Å². The van der Waals surface area contributed by atoms with E-state index in [9.17, 15) is 4.79 Å². The molecule has 0 fully saturated rings. The maximum atomic E-state index is 9.43. The van der Waals surface area contributed by atoms with Crippen LogP contribution in [0.25, 0.3) is 10.2 Å². The maximum absolute atomic E-state index is 9.43. The Balaban J connectivity index is 0.000000523. The fraction of sp³-hybridized carbons (Fsp3) is 0.391. The molecule has 0 saturated heterocycles. The number of benzene rings is 1. The molecule has 0 bridgehead atoms. The number of amides is 1. The Morgan fingerprint density at radius 3 is 2.78 bits per heavy atom. The summed E-state index contributed by atoms with van der Waals surface area (Å²) in [6.45, 7) is 4.77. The van der Waals surface area contributed by atoms with Crippen molar-refractivity contribution in [3.05, 3.63) is 34.5 Å². The first-order chi connectivity index (χ1) is 15.4. The van der Waals surface area contributed by atoms with Gasteiger partial charge in [0.15, 0.2) is 0 Å². The molecule has 0 radical (unpaired) electrons. The Morgan fingerprint density at radius 1 is 1.38 bits per heavy atom. The van der Waals surface area contributed by atoms with Crippen molar-refractivity contribution in [1.82, 2.24) is 14.9 Å². The first kappa shape index (κ1) is 23.5. The summed E-state index contributed by atoms with van der Waals surface area (Å²) < 4.78 is 5.75. The standard InChI is InChI=1S/C20H23N5OS.C3H7NO/c1-3-26-16-8-14(22)12(9-21)7-15(16)25-19-18-13-5-4-11(2)6-17(13)27-20(18)24-10-23-19;1-4(2)3-5/h7-11,21H,3-6,22H2,1-2H3,(H,23,24,25);3H,1-2H3. The number of fused-ring (bicyclic) bond motifs is 3. The van der Waals surface area contributed by atoms with Crippen LogP contribution >= 0.6 is 11.3 Å². The average molecular weight is 455 g/mol. The van der Waals surface area contributed by atoms with Gasteiger partial charge in [-0.25, -0.2) is 9.97 Å². The zero-order valence-corrected chi connectivity index (χ0v) is 19.8. The molecule has 2 heterocycles. The number of nitrogens with two attached hydrogens (primary N) is 1. The molecule has 0 saturated carbocycles. The molecule has 0 aliphatic heterocycles. The quantitative estimate of drug-likeness (QED) is 0.291. The van der Waals surface area contributed by atoms with Gasteiger partial charge in [0.25, 0.3) is 0 Å². The molecule has 8 nitrogen and oxygen atoms in total. The minimum atomic E-state index is 0.522. The van der Waals surface area contributed by atoms with Crippen molar-refractivity contribution in [3.63, 3.8) is 0 Å². The number of thiophene rings is 1. The highest BCUT2D eigenvalue weighted by atomic mass is 32.1. The molecule has 0 spiro atoms. The highest BCUT2D eigenvalue weighted by Crippen LogP contribution is 2.41. The number of ether oxygens (including phenoxy) is 1. The van der Waals surface area contributed by atoms with E-state index in [2.05, 4.69) is 22.2 Å². The van der Waals surface area contributed by atoms with Gasteiger partial charge in [0.1, 0.15) is 22.7 Å². The van der Waals surface area contributed by atoms with Gasteiger partial charge < -0.3 is 26.1 Å². The van der Waals surface area contributed by atoms with Gasteiger partial charge >= 0.3 is 0 Å². The lowest BCUT2D eigenvalue weighted by atomic mass is 9.89. The van der Waals surface area contributed by atoms with E-state index in [0.717, 1.165) is 41.0 Å². The van der Waals surface area contributed by atoms with E-state index in [-0.39, 0.29) is 0 Å². The topological polar surface area (TPSA) is 117 Å². The molecule has 32 heavy (non-hydrogen) atoms. The van der Waals surface area contributed by atoms with Crippen molar-refractivity contribution in [1.29, 1.82) is 5.41 Å². The minimum Gasteiger partial charge on any atom is -0.492 e. The number of aromatic nitrogens is 2. The van der Waals surface area contributed by atoms with Gasteiger partial charge in [-0.2, -0.15) is 0 Å². The largest absolute Gasteiger partial charge is 0.492 e. The van der Waals surface area contributed by atoms with Gasteiger partial charge in [0.05, 0.1) is 17.7 Å². The fourth-order valence-corrected chi connectivity index (χ4v) is 4.96. The van der Waals surface area contributed by atoms with E-state index in [1.807, 2.05) is 13.0 Å². The molecular formula is C23H30N6O2S. The molecule has 4 rings (SSSR count). The summed E-state index contributed by atoms with van der Waals surface area (Å²) in [6, 6.07) is 3.59. The summed E-state index contributed by atoms with van der Waals surface area (Å²) in [4.78, 5) is 22.3. The summed E-state index contributed by atoms with van der Waals surface area (Å²) in [7, 11) is 3.38. The molecule has 1 aromatic carbocycles. The van der Waals surface area contributed by atoms with Crippen LogP contribution in [-0.4, -0.2) is 48.2 Å². The molecule has 3 aromatic rings. The van der Waals surface area contributed by atoms with Crippen LogP contribution in [-0.2, 0) is 17.6 Å². The first-order valence-corrected chi connectivity index (χ1v) is 11.4. The van der Waals surface area contributed by atoms with Crippen LogP contribution in [0.3, 0.4) is 0 Å². The van der Waals surface area contributed by atoms with Crippen molar-refractivity contribution < 1.29 is 9.53 Å². The summed E-state index contributed by atoms with van der Waals surface area (Å²) >= 11 is 1.77. The molecule has 2 aromatic heterocycles. The predicted molar refractivity (Wildman–Crippen MR) is 132 cm³/mol. The number of nitrogen functional groups attached to an aromatic ring is 1. The van der Waals surface area contributed by atoms with Gasteiger partial charge in [-0.15, -0.1) is 11.3 Å². The van der Waals surface area contributed by atoms with Gasteiger partial charge in [-0.1, -0.05) is 6.92 Å². The van der Waals surface area contributed by atoms with Gasteiger partial charge in [0, 0.05) is 42.5 Å². The van der Waals surface area contributed by atoms with E-state index in [4.69, 9.17) is 15.9 Å². The number of anilines is 3. The van der Waals surface area contributed by atoms with Crippen LogP contribution in [0.5, 0.6) is 5.75 Å². The van der Waals surface area contributed by atoms with E-state index in [1.165, 1.54) is 28.0 Å².